The van der Waals surface area contributed by atoms with E-state index in [1.807, 2.05) is 11.7 Å². The third-order valence-corrected chi connectivity index (χ3v) is 6.00. The molecule has 4 nitrogen and oxygen atoms in total. The molecule has 0 saturated heterocycles. The van der Waals surface area contributed by atoms with Gasteiger partial charge in [0.05, 0.1) is 15.9 Å². The monoisotopic (exact) mass is 356 g/mol. The molecule has 0 radical (unpaired) electrons. The first kappa shape index (κ1) is 17.0. The summed E-state index contributed by atoms with van der Waals surface area (Å²) in [5, 5.41) is 4.59. The summed E-state index contributed by atoms with van der Waals surface area (Å²) < 4.78 is 3.16. The molecule has 1 saturated carbocycles. The van der Waals surface area contributed by atoms with Crippen molar-refractivity contribution in [3.8, 4) is 0 Å². The van der Waals surface area contributed by atoms with E-state index in [4.69, 9.17) is 5.84 Å². The molecular formula is C16H29BrN4. The van der Waals surface area contributed by atoms with Gasteiger partial charge in [-0.05, 0) is 59.4 Å². The number of nitrogens with two attached hydrogens (primary N) is 1. The van der Waals surface area contributed by atoms with Crippen LogP contribution in [-0.2, 0) is 19.9 Å². The highest BCUT2D eigenvalue weighted by molar-refractivity contribution is 9.10. The Morgan fingerprint density at radius 2 is 2.05 bits per heavy atom. The number of aromatic nitrogens is 2. The van der Waals surface area contributed by atoms with Crippen LogP contribution in [0.2, 0.25) is 0 Å². The van der Waals surface area contributed by atoms with Gasteiger partial charge in [-0.2, -0.15) is 5.10 Å². The van der Waals surface area contributed by atoms with Gasteiger partial charge in [0.15, 0.2) is 0 Å². The van der Waals surface area contributed by atoms with Crippen LogP contribution in [-0.4, -0.2) is 15.8 Å². The van der Waals surface area contributed by atoms with Crippen molar-refractivity contribution in [1.82, 2.24) is 15.2 Å². The molecule has 1 atom stereocenters. The number of aryl methyl sites for hydroxylation is 2. The predicted octanol–water partition coefficient (Wildman–Crippen LogP) is 3.34. The Labute approximate surface area is 137 Å². The lowest BCUT2D eigenvalue weighted by Gasteiger charge is -2.37. The Balaban J connectivity index is 2.08. The maximum Gasteiger partial charge on any atom is 0.0766 e. The summed E-state index contributed by atoms with van der Waals surface area (Å²) in [4.78, 5) is 0. The molecule has 1 aromatic heterocycles. The average Bonchev–Trinajstić information content (AvgIpc) is 2.72. The summed E-state index contributed by atoms with van der Waals surface area (Å²) in [6.45, 7) is 6.89. The second-order valence-corrected chi connectivity index (χ2v) is 7.96. The van der Waals surface area contributed by atoms with Crippen molar-refractivity contribution in [2.24, 2.45) is 24.2 Å². The molecule has 3 N–H and O–H groups in total. The summed E-state index contributed by atoms with van der Waals surface area (Å²) in [6, 6.07) is 0.331. The Hall–Kier alpha value is -0.390. The lowest BCUT2D eigenvalue weighted by molar-refractivity contribution is 0.160. The molecule has 5 heteroatoms. The fraction of sp³-hybridized carbons (Fsp3) is 0.812. The Bertz CT molecular complexity index is 471. The maximum absolute atomic E-state index is 5.86. The molecule has 0 amide bonds. The van der Waals surface area contributed by atoms with Crippen LogP contribution in [0.15, 0.2) is 4.47 Å². The third-order valence-electron chi connectivity index (χ3n) is 5.08. The van der Waals surface area contributed by atoms with E-state index >= 15 is 0 Å². The van der Waals surface area contributed by atoms with Gasteiger partial charge in [-0.1, -0.05) is 20.8 Å². The standard InChI is InChI=1S/C16H29BrN4/c1-5-12-15(17)14(21(4)20-12)10-13(19-18)11-6-8-16(2,3)9-7-11/h11,13,19H,5-10,18H2,1-4H3. The highest BCUT2D eigenvalue weighted by atomic mass is 79.9. The molecular weight excluding hydrogens is 328 g/mol. The molecule has 0 aromatic carbocycles. The first-order valence-corrected chi connectivity index (χ1v) is 8.83. The minimum absolute atomic E-state index is 0.331. The van der Waals surface area contributed by atoms with Crippen molar-refractivity contribution >= 4 is 15.9 Å². The molecule has 0 aliphatic heterocycles. The molecule has 1 aliphatic carbocycles. The number of hydrogen-bond acceptors (Lipinski definition) is 3. The summed E-state index contributed by atoms with van der Waals surface area (Å²) in [6.07, 6.45) is 7.00. The van der Waals surface area contributed by atoms with E-state index in [0.29, 0.717) is 17.4 Å². The molecule has 1 aliphatic rings. The topological polar surface area (TPSA) is 55.9 Å². The zero-order chi connectivity index (χ0) is 15.6. The SMILES string of the molecule is CCc1nn(C)c(CC(NN)C2CCC(C)(C)CC2)c1Br. The first-order valence-electron chi connectivity index (χ1n) is 8.04. The van der Waals surface area contributed by atoms with Crippen molar-refractivity contribution in [2.75, 3.05) is 0 Å². The van der Waals surface area contributed by atoms with Crippen molar-refractivity contribution in [1.29, 1.82) is 0 Å². The van der Waals surface area contributed by atoms with Crippen molar-refractivity contribution in [3.63, 3.8) is 0 Å². The Kier molecular flexibility index (Phi) is 5.49. The van der Waals surface area contributed by atoms with E-state index < -0.39 is 0 Å². The van der Waals surface area contributed by atoms with E-state index in [1.54, 1.807) is 0 Å². The zero-order valence-electron chi connectivity index (χ0n) is 13.7. The van der Waals surface area contributed by atoms with Crippen LogP contribution in [0.4, 0.5) is 0 Å². The van der Waals surface area contributed by atoms with Crippen LogP contribution in [0.5, 0.6) is 0 Å². The lowest BCUT2D eigenvalue weighted by Crippen LogP contribution is -2.44. The van der Waals surface area contributed by atoms with Crippen molar-refractivity contribution < 1.29 is 0 Å². The van der Waals surface area contributed by atoms with Gasteiger partial charge in [-0.3, -0.25) is 16.0 Å². The second-order valence-electron chi connectivity index (χ2n) is 7.16. The number of hydrazine groups is 1. The number of nitrogens with one attached hydrogen (secondary N) is 1. The van der Waals surface area contributed by atoms with Crippen molar-refractivity contribution in [2.45, 2.75) is 65.3 Å². The van der Waals surface area contributed by atoms with Crippen molar-refractivity contribution in [3.05, 3.63) is 15.9 Å². The lowest BCUT2D eigenvalue weighted by atomic mass is 9.70. The van der Waals surface area contributed by atoms with Crippen LogP contribution in [0.1, 0.15) is 57.8 Å². The maximum atomic E-state index is 5.86. The van der Waals surface area contributed by atoms with E-state index in [0.717, 1.165) is 23.0 Å². The van der Waals surface area contributed by atoms with Gasteiger partial charge in [-0.25, -0.2) is 0 Å². The Morgan fingerprint density at radius 1 is 1.43 bits per heavy atom. The molecule has 1 heterocycles. The van der Waals surface area contributed by atoms with Gasteiger partial charge in [0.1, 0.15) is 0 Å². The average molecular weight is 357 g/mol. The van der Waals surface area contributed by atoms with E-state index in [2.05, 4.69) is 47.2 Å². The first-order chi connectivity index (χ1) is 9.88. The molecule has 0 spiro atoms. The predicted molar refractivity (Wildman–Crippen MR) is 90.8 cm³/mol. The van der Waals surface area contributed by atoms with Crippen LogP contribution in [0.3, 0.4) is 0 Å². The summed E-state index contributed by atoms with van der Waals surface area (Å²) in [7, 11) is 2.02. The summed E-state index contributed by atoms with van der Waals surface area (Å²) in [5.41, 5.74) is 5.95. The van der Waals surface area contributed by atoms with Gasteiger partial charge in [0.25, 0.3) is 0 Å². The fourth-order valence-electron chi connectivity index (χ4n) is 3.44. The molecule has 0 bridgehead atoms. The highest BCUT2D eigenvalue weighted by Crippen LogP contribution is 2.39. The summed E-state index contributed by atoms with van der Waals surface area (Å²) >= 11 is 3.71. The van der Waals surface area contributed by atoms with Crippen LogP contribution in [0, 0.1) is 11.3 Å². The van der Waals surface area contributed by atoms with Gasteiger partial charge in [-0.15, -0.1) is 0 Å². The van der Waals surface area contributed by atoms with Crippen LogP contribution >= 0.6 is 15.9 Å². The van der Waals surface area contributed by atoms with E-state index in [9.17, 15) is 0 Å². The molecule has 120 valence electrons. The van der Waals surface area contributed by atoms with Crippen LogP contribution < -0.4 is 11.3 Å². The normalized spacial score (nSPS) is 20.7. The number of nitrogens with zero attached hydrogens (tertiary/aromatic N) is 2. The number of rotatable bonds is 5. The second kappa shape index (κ2) is 6.80. The quantitative estimate of drug-likeness (QED) is 0.628. The molecule has 1 unspecified atom stereocenters. The zero-order valence-corrected chi connectivity index (χ0v) is 15.3. The molecule has 21 heavy (non-hydrogen) atoms. The Morgan fingerprint density at radius 3 is 2.52 bits per heavy atom. The molecule has 1 aromatic rings. The van der Waals surface area contributed by atoms with Gasteiger partial charge < -0.3 is 0 Å². The fourth-order valence-corrected chi connectivity index (χ4v) is 4.21. The van der Waals surface area contributed by atoms with Crippen LogP contribution in [0.25, 0.3) is 0 Å². The summed E-state index contributed by atoms with van der Waals surface area (Å²) in [5.74, 6) is 6.53. The minimum Gasteiger partial charge on any atom is -0.271 e. The third kappa shape index (κ3) is 3.88. The van der Waals surface area contributed by atoms with Gasteiger partial charge in [0.2, 0.25) is 0 Å². The number of halogens is 1. The van der Waals surface area contributed by atoms with E-state index in [-0.39, 0.29) is 0 Å². The number of hydrogen-bond donors (Lipinski definition) is 2. The minimum atomic E-state index is 0.331. The largest absolute Gasteiger partial charge is 0.271 e. The van der Waals surface area contributed by atoms with Gasteiger partial charge in [0, 0.05) is 19.5 Å². The smallest absolute Gasteiger partial charge is 0.0766 e. The van der Waals surface area contributed by atoms with E-state index in [1.165, 1.54) is 31.4 Å². The molecule has 1 fully saturated rings. The van der Waals surface area contributed by atoms with Gasteiger partial charge >= 0.3 is 0 Å². The molecule has 2 rings (SSSR count). The highest BCUT2D eigenvalue weighted by Gasteiger charge is 2.32.